The smallest absolute Gasteiger partial charge is 0.316 e. The van der Waals surface area contributed by atoms with Gasteiger partial charge in [-0.2, -0.15) is 0 Å². The third-order valence-electron chi connectivity index (χ3n) is 3.03. The number of ether oxygens (including phenoxy) is 1. The average molecular weight is 329 g/mol. The van der Waals surface area contributed by atoms with Gasteiger partial charge in [-0.05, 0) is 35.3 Å². The van der Waals surface area contributed by atoms with Gasteiger partial charge in [0.05, 0.1) is 17.6 Å². The van der Waals surface area contributed by atoms with E-state index in [2.05, 4.69) is 30.8 Å². The summed E-state index contributed by atoms with van der Waals surface area (Å²) in [5, 5.41) is 0. The molecule has 1 amide bonds. The molecule has 1 aliphatic rings. The SMILES string of the molecule is NC(=O)CN1CCCC(COc2ncc(Br)cn2)C1. The highest BCUT2D eigenvalue weighted by atomic mass is 79.9. The Hall–Kier alpha value is -1.21. The van der Waals surface area contributed by atoms with E-state index >= 15 is 0 Å². The third-order valence-corrected chi connectivity index (χ3v) is 3.44. The predicted octanol–water partition coefficient (Wildman–Crippen LogP) is 0.815. The summed E-state index contributed by atoms with van der Waals surface area (Å²) in [7, 11) is 0. The van der Waals surface area contributed by atoms with Gasteiger partial charge in [0.1, 0.15) is 0 Å². The van der Waals surface area contributed by atoms with Crippen molar-refractivity contribution in [1.29, 1.82) is 0 Å². The van der Waals surface area contributed by atoms with Crippen LogP contribution in [-0.4, -0.2) is 47.0 Å². The van der Waals surface area contributed by atoms with E-state index in [0.717, 1.165) is 30.4 Å². The van der Waals surface area contributed by atoms with Crippen LogP contribution in [0.1, 0.15) is 12.8 Å². The fourth-order valence-electron chi connectivity index (χ4n) is 2.22. The maximum Gasteiger partial charge on any atom is 0.316 e. The fourth-order valence-corrected chi connectivity index (χ4v) is 2.42. The summed E-state index contributed by atoms with van der Waals surface area (Å²) in [5.41, 5.74) is 5.21. The molecule has 1 unspecified atom stereocenters. The van der Waals surface area contributed by atoms with Crippen molar-refractivity contribution in [2.24, 2.45) is 11.7 Å². The topological polar surface area (TPSA) is 81.3 Å². The summed E-state index contributed by atoms with van der Waals surface area (Å²) in [4.78, 5) is 21.1. The minimum atomic E-state index is -0.280. The molecular formula is C12H17BrN4O2. The summed E-state index contributed by atoms with van der Waals surface area (Å²) in [6, 6.07) is 0.384. The molecule has 0 spiro atoms. The zero-order valence-electron chi connectivity index (χ0n) is 10.6. The van der Waals surface area contributed by atoms with Crippen molar-refractivity contribution in [2.75, 3.05) is 26.2 Å². The molecule has 19 heavy (non-hydrogen) atoms. The molecule has 1 aliphatic heterocycles. The molecule has 7 heteroatoms. The number of nitrogens with zero attached hydrogens (tertiary/aromatic N) is 3. The lowest BCUT2D eigenvalue weighted by atomic mass is 9.99. The fraction of sp³-hybridized carbons (Fsp3) is 0.583. The van der Waals surface area contributed by atoms with Gasteiger partial charge in [-0.1, -0.05) is 0 Å². The first-order chi connectivity index (χ1) is 9.13. The second-order valence-electron chi connectivity index (χ2n) is 4.70. The van der Waals surface area contributed by atoms with E-state index in [-0.39, 0.29) is 5.91 Å². The highest BCUT2D eigenvalue weighted by molar-refractivity contribution is 9.10. The number of amides is 1. The van der Waals surface area contributed by atoms with Crippen molar-refractivity contribution in [3.05, 3.63) is 16.9 Å². The van der Waals surface area contributed by atoms with Gasteiger partial charge in [0.15, 0.2) is 0 Å². The van der Waals surface area contributed by atoms with E-state index in [1.165, 1.54) is 0 Å². The van der Waals surface area contributed by atoms with Crippen molar-refractivity contribution in [3.8, 4) is 6.01 Å². The number of piperidine rings is 1. The van der Waals surface area contributed by atoms with Crippen LogP contribution in [-0.2, 0) is 4.79 Å². The van der Waals surface area contributed by atoms with E-state index < -0.39 is 0 Å². The molecule has 2 N–H and O–H groups in total. The van der Waals surface area contributed by atoms with Gasteiger partial charge < -0.3 is 10.5 Å². The Balaban J connectivity index is 1.79. The first-order valence-corrected chi connectivity index (χ1v) is 7.04. The van der Waals surface area contributed by atoms with Crippen LogP contribution >= 0.6 is 15.9 Å². The molecule has 2 rings (SSSR count). The molecule has 104 valence electrons. The van der Waals surface area contributed by atoms with Gasteiger partial charge in [-0.15, -0.1) is 0 Å². The molecular weight excluding hydrogens is 312 g/mol. The molecule has 1 aromatic rings. The van der Waals surface area contributed by atoms with Crippen LogP contribution in [0.2, 0.25) is 0 Å². The Bertz CT molecular complexity index is 426. The number of carbonyl (C=O) groups is 1. The van der Waals surface area contributed by atoms with Gasteiger partial charge >= 0.3 is 6.01 Å². The van der Waals surface area contributed by atoms with Gasteiger partial charge in [-0.25, -0.2) is 9.97 Å². The molecule has 1 aromatic heterocycles. The molecule has 1 fully saturated rings. The third kappa shape index (κ3) is 4.76. The minimum absolute atomic E-state index is 0.280. The lowest BCUT2D eigenvalue weighted by Crippen LogP contribution is -2.42. The van der Waals surface area contributed by atoms with Gasteiger partial charge in [0.25, 0.3) is 0 Å². The van der Waals surface area contributed by atoms with Gasteiger partial charge in [0, 0.05) is 24.9 Å². The Labute approximate surface area is 120 Å². The number of likely N-dealkylation sites (tertiary alicyclic amines) is 1. The van der Waals surface area contributed by atoms with Crippen LogP contribution in [0.15, 0.2) is 16.9 Å². The Morgan fingerprint density at radius 3 is 2.95 bits per heavy atom. The van der Waals surface area contributed by atoms with Gasteiger partial charge in [0.2, 0.25) is 5.91 Å². The first kappa shape index (κ1) is 14.2. The number of hydrogen-bond acceptors (Lipinski definition) is 5. The standard InChI is InChI=1S/C12H17BrN4O2/c13-10-4-15-12(16-5-10)19-8-9-2-1-3-17(6-9)7-11(14)18/h4-5,9H,1-3,6-8H2,(H2,14,18). The van der Waals surface area contributed by atoms with E-state index in [1.807, 2.05) is 0 Å². The number of primary amides is 1. The van der Waals surface area contributed by atoms with Crippen LogP contribution in [0.25, 0.3) is 0 Å². The molecule has 2 heterocycles. The zero-order valence-corrected chi connectivity index (χ0v) is 12.2. The van der Waals surface area contributed by atoms with Gasteiger partial charge in [-0.3, -0.25) is 9.69 Å². The summed E-state index contributed by atoms with van der Waals surface area (Å²) >= 11 is 3.27. The second kappa shape index (κ2) is 6.81. The van der Waals surface area contributed by atoms with Crippen LogP contribution < -0.4 is 10.5 Å². The number of rotatable bonds is 5. The molecule has 6 nitrogen and oxygen atoms in total. The normalized spacial score (nSPS) is 20.2. The second-order valence-corrected chi connectivity index (χ2v) is 5.62. The monoisotopic (exact) mass is 328 g/mol. The van der Waals surface area contributed by atoms with Crippen molar-refractivity contribution < 1.29 is 9.53 Å². The number of carbonyl (C=O) groups excluding carboxylic acids is 1. The van der Waals surface area contributed by atoms with Crippen molar-refractivity contribution in [3.63, 3.8) is 0 Å². The minimum Gasteiger partial charge on any atom is -0.463 e. The first-order valence-electron chi connectivity index (χ1n) is 6.24. The largest absolute Gasteiger partial charge is 0.463 e. The molecule has 0 saturated carbocycles. The van der Waals surface area contributed by atoms with Crippen molar-refractivity contribution in [1.82, 2.24) is 14.9 Å². The summed E-state index contributed by atoms with van der Waals surface area (Å²) in [6.07, 6.45) is 5.46. The number of nitrogens with two attached hydrogens (primary N) is 1. The van der Waals surface area contributed by atoms with E-state index in [4.69, 9.17) is 10.5 Å². The van der Waals surface area contributed by atoms with Crippen LogP contribution in [0.3, 0.4) is 0 Å². The molecule has 0 bridgehead atoms. The molecule has 1 saturated heterocycles. The summed E-state index contributed by atoms with van der Waals surface area (Å²) in [5.74, 6) is 0.109. The lowest BCUT2D eigenvalue weighted by Gasteiger charge is -2.31. The van der Waals surface area contributed by atoms with Crippen LogP contribution in [0.5, 0.6) is 6.01 Å². The Morgan fingerprint density at radius 2 is 2.26 bits per heavy atom. The van der Waals surface area contributed by atoms with E-state index in [9.17, 15) is 4.79 Å². The molecule has 0 aromatic carbocycles. The number of halogens is 1. The van der Waals surface area contributed by atoms with Crippen LogP contribution in [0.4, 0.5) is 0 Å². The summed E-state index contributed by atoms with van der Waals surface area (Å²) in [6.45, 7) is 2.65. The maximum atomic E-state index is 10.9. The Kier molecular flexibility index (Phi) is 5.09. The summed E-state index contributed by atoms with van der Waals surface area (Å²) < 4.78 is 6.39. The highest BCUT2D eigenvalue weighted by Crippen LogP contribution is 2.17. The van der Waals surface area contributed by atoms with E-state index in [0.29, 0.717) is 25.1 Å². The number of aromatic nitrogens is 2. The Morgan fingerprint density at radius 1 is 1.53 bits per heavy atom. The predicted molar refractivity (Wildman–Crippen MR) is 73.6 cm³/mol. The molecule has 0 aliphatic carbocycles. The quantitative estimate of drug-likeness (QED) is 0.865. The van der Waals surface area contributed by atoms with E-state index in [1.54, 1.807) is 12.4 Å². The maximum absolute atomic E-state index is 10.9. The zero-order chi connectivity index (χ0) is 13.7. The van der Waals surface area contributed by atoms with Crippen LogP contribution in [0, 0.1) is 5.92 Å². The van der Waals surface area contributed by atoms with Crippen molar-refractivity contribution >= 4 is 21.8 Å². The van der Waals surface area contributed by atoms with Crippen molar-refractivity contribution in [2.45, 2.75) is 12.8 Å². The number of hydrogen-bond donors (Lipinski definition) is 1. The molecule has 1 atom stereocenters. The lowest BCUT2D eigenvalue weighted by molar-refractivity contribution is -0.119. The molecule has 0 radical (unpaired) electrons. The highest BCUT2D eigenvalue weighted by Gasteiger charge is 2.21. The average Bonchev–Trinajstić information content (AvgIpc) is 2.38.